The second-order valence-electron chi connectivity index (χ2n) is 0.830. The molecule has 0 aliphatic rings. The molecule has 37 valence electrons. The first-order valence-corrected chi connectivity index (χ1v) is 6.55. The molecule has 0 spiro atoms. The summed E-state index contributed by atoms with van der Waals surface area (Å²) < 4.78 is 0. The summed E-state index contributed by atoms with van der Waals surface area (Å²) in [6.45, 7) is 1.75. The molecular formula is C2H4Cl3Si. The van der Waals surface area contributed by atoms with E-state index in [1.165, 1.54) is 0 Å². The number of hydrogen-bond acceptors (Lipinski definition) is 0. The van der Waals surface area contributed by atoms with Gasteiger partial charge in [-0.2, -0.15) is 0 Å². The lowest BCUT2D eigenvalue weighted by Gasteiger charge is -1.97. The van der Waals surface area contributed by atoms with E-state index >= 15 is 0 Å². The van der Waals surface area contributed by atoms with E-state index in [0.717, 1.165) is 0 Å². The van der Waals surface area contributed by atoms with E-state index in [2.05, 4.69) is 0 Å². The van der Waals surface area contributed by atoms with Crippen LogP contribution in [0.25, 0.3) is 0 Å². The summed E-state index contributed by atoms with van der Waals surface area (Å²) in [5.74, 6) is 0. The van der Waals surface area contributed by atoms with Crippen LogP contribution in [0, 0.1) is 6.04 Å². The van der Waals surface area contributed by atoms with Gasteiger partial charge in [0.05, 0.1) is 0 Å². The van der Waals surface area contributed by atoms with Crippen molar-refractivity contribution in [2.75, 3.05) is 0 Å². The Kier molecular flexibility index (Phi) is 2.84. The lowest BCUT2D eigenvalue weighted by Crippen LogP contribution is -2.06. The third-order valence-electron chi connectivity index (χ3n) is 0.327. The minimum atomic E-state index is -2.34. The highest BCUT2D eigenvalue weighted by molar-refractivity contribution is 7.66. The molecule has 1 radical (unpaired) electrons. The van der Waals surface area contributed by atoms with Gasteiger partial charge in [-0.1, -0.05) is 6.92 Å². The summed E-state index contributed by atoms with van der Waals surface area (Å²) in [4.78, 5) is 0. The van der Waals surface area contributed by atoms with Crippen LogP contribution in [0.2, 0.25) is 0 Å². The van der Waals surface area contributed by atoms with Crippen LogP contribution in [0.3, 0.4) is 0 Å². The maximum Gasteiger partial charge on any atom is 0.344 e. The Hall–Kier alpha value is 1.09. The predicted molar refractivity (Wildman–Crippen MR) is 33.3 cm³/mol. The molecule has 0 saturated carbocycles. The Balaban J connectivity index is 3.17. The largest absolute Gasteiger partial charge is 0.344 e. The molecular weight excluding hydrogens is 158 g/mol. The van der Waals surface area contributed by atoms with Crippen LogP contribution in [0.1, 0.15) is 6.92 Å². The van der Waals surface area contributed by atoms with Gasteiger partial charge in [-0.15, -0.1) is 33.2 Å². The first-order valence-electron chi connectivity index (χ1n) is 1.43. The first kappa shape index (κ1) is 7.09. The van der Waals surface area contributed by atoms with E-state index in [4.69, 9.17) is 33.2 Å². The van der Waals surface area contributed by atoms with Crippen LogP contribution in [0.4, 0.5) is 0 Å². The lowest BCUT2D eigenvalue weighted by molar-refractivity contribution is 1.70. The lowest BCUT2D eigenvalue weighted by atomic mass is 11.0. The fourth-order valence-electron chi connectivity index (χ4n) is 0. The molecule has 0 amide bonds. The van der Waals surface area contributed by atoms with Crippen molar-refractivity contribution in [3.8, 4) is 0 Å². The summed E-state index contributed by atoms with van der Waals surface area (Å²) >= 11 is 16.0. The maximum atomic E-state index is 5.33. The summed E-state index contributed by atoms with van der Waals surface area (Å²) in [6, 6.07) is -0.717. The van der Waals surface area contributed by atoms with Crippen molar-refractivity contribution in [2.45, 2.75) is 6.92 Å². The van der Waals surface area contributed by atoms with Crippen molar-refractivity contribution in [3.63, 3.8) is 0 Å². The molecule has 0 aromatic rings. The Morgan fingerprint density at radius 1 is 1.33 bits per heavy atom. The number of halogens is 3. The fraction of sp³-hybridized carbons (Fsp3) is 0.500. The monoisotopic (exact) mass is 161 g/mol. The highest BCUT2D eigenvalue weighted by Gasteiger charge is 2.20. The minimum Gasteiger partial charge on any atom is -0.126 e. The van der Waals surface area contributed by atoms with E-state index in [1.807, 2.05) is 0 Å². The van der Waals surface area contributed by atoms with Crippen LogP contribution in [0.15, 0.2) is 0 Å². The van der Waals surface area contributed by atoms with Gasteiger partial charge in [0.1, 0.15) is 0 Å². The molecule has 0 saturated heterocycles. The molecule has 4 heteroatoms. The van der Waals surface area contributed by atoms with Crippen LogP contribution in [-0.2, 0) is 0 Å². The Morgan fingerprint density at radius 3 is 1.50 bits per heavy atom. The van der Waals surface area contributed by atoms with Crippen molar-refractivity contribution < 1.29 is 0 Å². The molecule has 0 heterocycles. The summed E-state index contributed by atoms with van der Waals surface area (Å²) in [5, 5.41) is 0. The van der Waals surface area contributed by atoms with Crippen molar-refractivity contribution in [3.05, 3.63) is 6.04 Å². The van der Waals surface area contributed by atoms with Crippen LogP contribution in [-0.4, -0.2) is 6.00 Å². The topological polar surface area (TPSA) is 0 Å². The van der Waals surface area contributed by atoms with Crippen LogP contribution >= 0.6 is 33.2 Å². The number of rotatable bonds is 1. The van der Waals surface area contributed by atoms with Crippen LogP contribution < -0.4 is 0 Å². The van der Waals surface area contributed by atoms with Gasteiger partial charge >= 0.3 is 6.00 Å². The van der Waals surface area contributed by atoms with Crippen molar-refractivity contribution >= 4 is 39.2 Å². The molecule has 0 aromatic carbocycles. The zero-order chi connectivity index (χ0) is 5.21. The predicted octanol–water partition coefficient (Wildman–Crippen LogP) is 2.41. The van der Waals surface area contributed by atoms with Gasteiger partial charge in [0.2, 0.25) is 0 Å². The molecule has 0 unspecified atom stereocenters. The highest BCUT2D eigenvalue weighted by Crippen LogP contribution is 2.21. The standard InChI is InChI=1S/C2H4Cl3Si/c1-2-6(3,4)5/h2H,1H3. The fourth-order valence-corrected chi connectivity index (χ4v) is 0. The zero-order valence-corrected chi connectivity index (χ0v) is 6.48. The molecule has 0 atom stereocenters. The third-order valence-corrected chi connectivity index (χ3v) is 2.95. The summed E-state index contributed by atoms with van der Waals surface area (Å²) in [6.07, 6.45) is 0. The average Bonchev–Trinajstić information content (AvgIpc) is 1.35. The van der Waals surface area contributed by atoms with E-state index in [-0.39, 0.29) is 0 Å². The van der Waals surface area contributed by atoms with Gasteiger partial charge in [-0.3, -0.25) is 0 Å². The minimum absolute atomic E-state index is 1.62. The van der Waals surface area contributed by atoms with Crippen molar-refractivity contribution in [1.82, 2.24) is 0 Å². The van der Waals surface area contributed by atoms with Crippen molar-refractivity contribution in [2.24, 2.45) is 0 Å². The smallest absolute Gasteiger partial charge is 0.126 e. The number of hydrogen-bond donors (Lipinski definition) is 0. The molecule has 0 rings (SSSR count). The maximum absolute atomic E-state index is 5.33. The SMILES string of the molecule is C[CH][Si](Cl)(Cl)Cl. The van der Waals surface area contributed by atoms with Gasteiger partial charge < -0.3 is 0 Å². The van der Waals surface area contributed by atoms with Crippen LogP contribution in [0.5, 0.6) is 0 Å². The average molecular weight is 162 g/mol. The summed E-state index contributed by atoms with van der Waals surface area (Å²) in [7, 11) is 0. The zero-order valence-electron chi connectivity index (χ0n) is 3.21. The van der Waals surface area contributed by atoms with Gasteiger partial charge in [0.15, 0.2) is 0 Å². The molecule has 0 aliphatic heterocycles. The van der Waals surface area contributed by atoms with E-state index in [1.54, 1.807) is 13.0 Å². The second kappa shape index (κ2) is 2.41. The molecule has 6 heavy (non-hydrogen) atoms. The van der Waals surface area contributed by atoms with Gasteiger partial charge in [0, 0.05) is 0 Å². The van der Waals surface area contributed by atoms with E-state index in [9.17, 15) is 0 Å². The molecule has 0 bridgehead atoms. The Morgan fingerprint density at radius 2 is 1.50 bits per heavy atom. The Bertz CT molecular complexity index is 38.5. The highest BCUT2D eigenvalue weighted by atomic mass is 35.8. The molecule has 0 nitrogen and oxygen atoms in total. The normalized spacial score (nSPS) is 12.0. The van der Waals surface area contributed by atoms with Gasteiger partial charge in [0.25, 0.3) is 0 Å². The first-order chi connectivity index (χ1) is 2.56. The summed E-state index contributed by atoms with van der Waals surface area (Å²) in [5.41, 5.74) is 0. The Labute approximate surface area is 52.5 Å². The molecule has 0 aliphatic carbocycles. The van der Waals surface area contributed by atoms with E-state index < -0.39 is 6.00 Å². The van der Waals surface area contributed by atoms with Gasteiger partial charge in [-0.25, -0.2) is 0 Å². The van der Waals surface area contributed by atoms with E-state index in [0.29, 0.717) is 0 Å². The second-order valence-corrected chi connectivity index (χ2v) is 9.60. The molecule has 0 fully saturated rings. The molecule has 0 aromatic heterocycles. The third kappa shape index (κ3) is 5.09. The molecule has 0 N–H and O–H groups in total. The van der Waals surface area contributed by atoms with Gasteiger partial charge in [-0.05, 0) is 6.04 Å². The van der Waals surface area contributed by atoms with Crippen molar-refractivity contribution in [1.29, 1.82) is 0 Å². The quantitative estimate of drug-likeness (QED) is 0.410.